The second kappa shape index (κ2) is 4.16. The lowest BCUT2D eigenvalue weighted by Gasteiger charge is -2.09. The Balaban J connectivity index is 2.34. The summed E-state index contributed by atoms with van der Waals surface area (Å²) in [4.78, 5) is 0. The number of furan rings is 1. The van der Waals surface area contributed by atoms with E-state index in [0.29, 0.717) is 10.2 Å². The van der Waals surface area contributed by atoms with Gasteiger partial charge in [0.25, 0.3) is 0 Å². The third-order valence-electron chi connectivity index (χ3n) is 2.15. The summed E-state index contributed by atoms with van der Waals surface area (Å²) >= 11 is 3.12. The van der Waals surface area contributed by atoms with E-state index in [2.05, 4.69) is 15.9 Å². The monoisotopic (exact) mass is 269 g/mol. The smallest absolute Gasteiger partial charge is 0.137 e. The first-order chi connectivity index (χ1) is 7.18. The van der Waals surface area contributed by atoms with Crippen molar-refractivity contribution in [2.24, 2.45) is 5.73 Å². The van der Waals surface area contributed by atoms with Crippen LogP contribution in [0.4, 0.5) is 4.39 Å². The van der Waals surface area contributed by atoms with Crippen LogP contribution in [0.1, 0.15) is 17.4 Å². The minimum atomic E-state index is -0.364. The van der Waals surface area contributed by atoms with E-state index in [-0.39, 0.29) is 11.9 Å². The van der Waals surface area contributed by atoms with Crippen LogP contribution in [0.3, 0.4) is 0 Å². The molecule has 1 aromatic carbocycles. The van der Waals surface area contributed by atoms with Crippen LogP contribution in [0, 0.1) is 5.82 Å². The molecule has 0 aliphatic rings. The zero-order valence-electron chi connectivity index (χ0n) is 7.78. The highest BCUT2D eigenvalue weighted by atomic mass is 79.9. The van der Waals surface area contributed by atoms with Gasteiger partial charge in [-0.1, -0.05) is 6.07 Å². The van der Waals surface area contributed by atoms with Crippen molar-refractivity contribution in [3.05, 3.63) is 58.2 Å². The van der Waals surface area contributed by atoms with Crippen molar-refractivity contribution in [2.75, 3.05) is 0 Å². The van der Waals surface area contributed by atoms with Crippen molar-refractivity contribution in [3.8, 4) is 0 Å². The maximum Gasteiger partial charge on any atom is 0.137 e. The maximum atomic E-state index is 13.0. The van der Waals surface area contributed by atoms with Gasteiger partial charge in [-0.25, -0.2) is 4.39 Å². The Hall–Kier alpha value is -1.13. The standard InChI is InChI=1S/C11H9BrFNO/c12-8-6-7(3-4-9(8)13)11(14)10-2-1-5-15-10/h1-6,11H,14H2. The minimum Gasteiger partial charge on any atom is -0.467 e. The van der Waals surface area contributed by atoms with E-state index in [1.165, 1.54) is 6.07 Å². The summed E-state index contributed by atoms with van der Waals surface area (Å²) in [6, 6.07) is 7.88. The van der Waals surface area contributed by atoms with Crippen molar-refractivity contribution in [3.63, 3.8) is 0 Å². The number of nitrogens with two attached hydrogens (primary N) is 1. The lowest BCUT2D eigenvalue weighted by molar-refractivity contribution is 0.489. The Bertz CT molecular complexity index is 456. The van der Waals surface area contributed by atoms with E-state index < -0.39 is 0 Å². The summed E-state index contributed by atoms with van der Waals surface area (Å²) in [6.07, 6.45) is 1.56. The second-order valence-corrected chi connectivity index (χ2v) is 4.02. The first-order valence-electron chi connectivity index (χ1n) is 4.42. The highest BCUT2D eigenvalue weighted by Gasteiger charge is 2.12. The van der Waals surface area contributed by atoms with Crippen LogP contribution in [-0.2, 0) is 0 Å². The van der Waals surface area contributed by atoms with Crippen molar-refractivity contribution < 1.29 is 8.81 Å². The predicted molar refractivity (Wildman–Crippen MR) is 58.8 cm³/mol. The normalized spacial score (nSPS) is 12.7. The van der Waals surface area contributed by atoms with Crippen LogP contribution >= 0.6 is 15.9 Å². The highest BCUT2D eigenvalue weighted by Crippen LogP contribution is 2.24. The van der Waals surface area contributed by atoms with E-state index in [1.54, 1.807) is 30.5 Å². The first-order valence-corrected chi connectivity index (χ1v) is 5.21. The number of hydrogen-bond acceptors (Lipinski definition) is 2. The van der Waals surface area contributed by atoms with Crippen LogP contribution in [0.25, 0.3) is 0 Å². The van der Waals surface area contributed by atoms with Crippen LogP contribution in [0.5, 0.6) is 0 Å². The summed E-state index contributed by atoms with van der Waals surface area (Å²) in [5.41, 5.74) is 6.75. The van der Waals surface area contributed by atoms with Crippen LogP contribution in [0.2, 0.25) is 0 Å². The predicted octanol–water partition coefficient (Wildman–Crippen LogP) is 3.23. The molecule has 15 heavy (non-hydrogen) atoms. The number of hydrogen-bond donors (Lipinski definition) is 1. The van der Waals surface area contributed by atoms with Gasteiger partial charge in [0.2, 0.25) is 0 Å². The Morgan fingerprint density at radius 2 is 2.13 bits per heavy atom. The van der Waals surface area contributed by atoms with Crippen LogP contribution < -0.4 is 5.73 Å². The molecule has 0 spiro atoms. The van der Waals surface area contributed by atoms with Crippen molar-refractivity contribution >= 4 is 15.9 Å². The number of halogens is 2. The Kier molecular flexibility index (Phi) is 2.88. The Labute approximate surface area is 95.0 Å². The third kappa shape index (κ3) is 2.11. The molecule has 0 bridgehead atoms. The molecule has 1 atom stereocenters. The van der Waals surface area contributed by atoms with Gasteiger partial charge in [-0.3, -0.25) is 0 Å². The molecule has 1 aromatic heterocycles. The molecule has 2 aromatic rings. The largest absolute Gasteiger partial charge is 0.467 e. The van der Waals surface area contributed by atoms with Crippen LogP contribution in [0.15, 0.2) is 45.5 Å². The van der Waals surface area contributed by atoms with Crippen molar-refractivity contribution in [2.45, 2.75) is 6.04 Å². The fraction of sp³-hybridized carbons (Fsp3) is 0.0909. The van der Waals surface area contributed by atoms with E-state index in [9.17, 15) is 4.39 Å². The quantitative estimate of drug-likeness (QED) is 0.909. The van der Waals surface area contributed by atoms with Gasteiger partial charge >= 0.3 is 0 Å². The molecule has 1 heterocycles. The van der Waals surface area contributed by atoms with E-state index in [1.807, 2.05) is 0 Å². The molecule has 78 valence electrons. The maximum absolute atomic E-state index is 13.0. The lowest BCUT2D eigenvalue weighted by Crippen LogP contribution is -2.10. The molecule has 0 saturated carbocycles. The first kappa shape index (κ1) is 10.4. The van der Waals surface area contributed by atoms with Gasteiger partial charge in [0.15, 0.2) is 0 Å². The van der Waals surface area contributed by atoms with Gasteiger partial charge in [-0.15, -0.1) is 0 Å². The summed E-state index contributed by atoms with van der Waals surface area (Å²) in [5.74, 6) is 0.360. The fourth-order valence-electron chi connectivity index (χ4n) is 1.34. The molecule has 0 saturated heterocycles. The molecular formula is C11H9BrFNO. The second-order valence-electron chi connectivity index (χ2n) is 3.17. The minimum absolute atomic E-state index is 0.301. The molecule has 0 aliphatic carbocycles. The highest BCUT2D eigenvalue weighted by molar-refractivity contribution is 9.10. The Morgan fingerprint density at radius 1 is 1.33 bits per heavy atom. The molecule has 0 radical (unpaired) electrons. The van der Waals surface area contributed by atoms with Gasteiger partial charge in [0.1, 0.15) is 11.6 Å². The average Bonchev–Trinajstić information content (AvgIpc) is 2.74. The molecule has 2 N–H and O–H groups in total. The number of rotatable bonds is 2. The van der Waals surface area contributed by atoms with Gasteiger partial charge < -0.3 is 10.2 Å². The molecule has 1 unspecified atom stereocenters. The van der Waals surface area contributed by atoms with Crippen molar-refractivity contribution in [1.82, 2.24) is 0 Å². The molecule has 2 rings (SSSR count). The average molecular weight is 270 g/mol. The van der Waals surface area contributed by atoms with E-state index >= 15 is 0 Å². The lowest BCUT2D eigenvalue weighted by atomic mass is 10.1. The van der Waals surface area contributed by atoms with Gasteiger partial charge in [0.05, 0.1) is 16.8 Å². The van der Waals surface area contributed by atoms with Gasteiger partial charge in [-0.05, 0) is 45.8 Å². The summed E-state index contributed by atoms with van der Waals surface area (Å²) < 4.78 is 18.6. The number of benzene rings is 1. The van der Waals surface area contributed by atoms with E-state index in [4.69, 9.17) is 10.2 Å². The molecule has 0 fully saturated rings. The molecular weight excluding hydrogens is 261 g/mol. The molecule has 0 amide bonds. The summed E-state index contributed by atoms with van der Waals surface area (Å²) in [6.45, 7) is 0. The zero-order chi connectivity index (χ0) is 10.8. The van der Waals surface area contributed by atoms with Crippen LogP contribution in [-0.4, -0.2) is 0 Å². The van der Waals surface area contributed by atoms with Crippen molar-refractivity contribution in [1.29, 1.82) is 0 Å². The molecule has 2 nitrogen and oxygen atoms in total. The Morgan fingerprint density at radius 3 is 2.73 bits per heavy atom. The zero-order valence-corrected chi connectivity index (χ0v) is 9.37. The summed E-state index contributed by atoms with van der Waals surface area (Å²) in [5, 5.41) is 0. The van der Waals surface area contributed by atoms with E-state index in [0.717, 1.165) is 5.56 Å². The van der Waals surface area contributed by atoms with Gasteiger partial charge in [0, 0.05) is 0 Å². The molecule has 4 heteroatoms. The van der Waals surface area contributed by atoms with Gasteiger partial charge in [-0.2, -0.15) is 0 Å². The fourth-order valence-corrected chi connectivity index (χ4v) is 1.73. The topological polar surface area (TPSA) is 39.2 Å². The SMILES string of the molecule is NC(c1ccc(F)c(Br)c1)c1ccco1. The third-order valence-corrected chi connectivity index (χ3v) is 2.76. The summed E-state index contributed by atoms with van der Waals surface area (Å²) in [7, 11) is 0. The molecule has 0 aliphatic heterocycles.